The van der Waals surface area contributed by atoms with Crippen molar-refractivity contribution in [2.24, 2.45) is 0 Å². The second kappa shape index (κ2) is 5.97. The van der Waals surface area contributed by atoms with Crippen molar-refractivity contribution in [3.8, 4) is 5.88 Å². The standard InChI is InChI=1S/C20H15NO2/c1-3-9-15(10-4-1)19(16-11-5-2-6-12-16)22-20-17-13-7-8-14-18(17)23-21-20/h1-14,19H. The molecule has 0 aliphatic heterocycles. The maximum Gasteiger partial charge on any atom is 0.263 e. The van der Waals surface area contributed by atoms with E-state index in [0.29, 0.717) is 5.88 Å². The zero-order chi connectivity index (χ0) is 15.5. The van der Waals surface area contributed by atoms with E-state index in [1.807, 2.05) is 60.7 Å². The van der Waals surface area contributed by atoms with Crippen molar-refractivity contribution in [1.82, 2.24) is 5.16 Å². The molecule has 0 bridgehead atoms. The third-order valence-electron chi connectivity index (χ3n) is 3.78. The number of hydrogen-bond acceptors (Lipinski definition) is 3. The number of ether oxygens (including phenoxy) is 1. The van der Waals surface area contributed by atoms with Crippen LogP contribution in [-0.4, -0.2) is 5.16 Å². The lowest BCUT2D eigenvalue weighted by atomic mass is 10.0. The van der Waals surface area contributed by atoms with E-state index in [2.05, 4.69) is 29.4 Å². The van der Waals surface area contributed by atoms with Crippen molar-refractivity contribution in [2.75, 3.05) is 0 Å². The Morgan fingerprint density at radius 1 is 0.696 bits per heavy atom. The lowest BCUT2D eigenvalue weighted by molar-refractivity contribution is 0.225. The van der Waals surface area contributed by atoms with E-state index in [1.54, 1.807) is 0 Å². The highest BCUT2D eigenvalue weighted by atomic mass is 16.5. The quantitative estimate of drug-likeness (QED) is 0.532. The molecule has 1 aromatic heterocycles. The first-order valence-corrected chi connectivity index (χ1v) is 7.53. The average Bonchev–Trinajstić information content (AvgIpc) is 3.04. The number of hydrogen-bond donors (Lipinski definition) is 0. The number of nitrogens with zero attached hydrogens (tertiary/aromatic N) is 1. The normalized spacial score (nSPS) is 11.0. The Morgan fingerprint density at radius 3 is 1.91 bits per heavy atom. The highest BCUT2D eigenvalue weighted by Crippen LogP contribution is 2.32. The summed E-state index contributed by atoms with van der Waals surface area (Å²) in [7, 11) is 0. The van der Waals surface area contributed by atoms with Gasteiger partial charge in [0.25, 0.3) is 5.88 Å². The first-order valence-electron chi connectivity index (χ1n) is 7.53. The Labute approximate surface area is 134 Å². The number of fused-ring (bicyclic) bond motifs is 1. The lowest BCUT2D eigenvalue weighted by Crippen LogP contribution is -2.09. The van der Waals surface area contributed by atoms with Crippen molar-refractivity contribution < 1.29 is 9.26 Å². The molecule has 23 heavy (non-hydrogen) atoms. The third-order valence-corrected chi connectivity index (χ3v) is 3.78. The van der Waals surface area contributed by atoms with Crippen molar-refractivity contribution in [3.63, 3.8) is 0 Å². The zero-order valence-corrected chi connectivity index (χ0v) is 12.4. The van der Waals surface area contributed by atoms with Crippen LogP contribution in [0.5, 0.6) is 5.88 Å². The molecular weight excluding hydrogens is 286 g/mol. The fourth-order valence-corrected chi connectivity index (χ4v) is 2.64. The van der Waals surface area contributed by atoms with Crippen molar-refractivity contribution in [1.29, 1.82) is 0 Å². The molecule has 4 rings (SSSR count). The average molecular weight is 301 g/mol. The van der Waals surface area contributed by atoms with Gasteiger partial charge in [0.15, 0.2) is 11.7 Å². The summed E-state index contributed by atoms with van der Waals surface area (Å²) in [6, 6.07) is 28.0. The van der Waals surface area contributed by atoms with Gasteiger partial charge in [0.1, 0.15) is 0 Å². The Kier molecular flexibility index (Phi) is 3.53. The van der Waals surface area contributed by atoms with Crippen LogP contribution < -0.4 is 4.74 Å². The van der Waals surface area contributed by atoms with Crippen LogP contribution >= 0.6 is 0 Å². The SMILES string of the molecule is c1ccc(C(Oc2noc3ccccc23)c2ccccc2)cc1. The summed E-state index contributed by atoms with van der Waals surface area (Å²) >= 11 is 0. The van der Waals surface area contributed by atoms with Crippen LogP contribution in [0.15, 0.2) is 89.5 Å². The Bertz CT molecular complexity index is 861. The maximum absolute atomic E-state index is 6.24. The number of benzene rings is 3. The van der Waals surface area contributed by atoms with E-state index in [0.717, 1.165) is 22.1 Å². The maximum atomic E-state index is 6.24. The summed E-state index contributed by atoms with van der Waals surface area (Å²) in [6.45, 7) is 0. The molecule has 0 unspecified atom stereocenters. The van der Waals surface area contributed by atoms with Crippen LogP contribution in [0.3, 0.4) is 0 Å². The number of para-hydroxylation sites is 1. The molecule has 3 heteroatoms. The summed E-state index contributed by atoms with van der Waals surface area (Å²) in [5.41, 5.74) is 2.87. The highest BCUT2D eigenvalue weighted by Gasteiger charge is 2.19. The smallest absolute Gasteiger partial charge is 0.263 e. The summed E-state index contributed by atoms with van der Waals surface area (Å²) in [5, 5.41) is 4.97. The van der Waals surface area contributed by atoms with E-state index in [1.165, 1.54) is 0 Å². The topological polar surface area (TPSA) is 35.3 Å². The van der Waals surface area contributed by atoms with Crippen LogP contribution in [0.2, 0.25) is 0 Å². The second-order valence-electron chi connectivity index (χ2n) is 5.30. The van der Waals surface area contributed by atoms with E-state index >= 15 is 0 Å². The molecule has 112 valence electrons. The van der Waals surface area contributed by atoms with Crippen LogP contribution in [-0.2, 0) is 0 Å². The molecule has 0 amide bonds. The molecule has 0 spiro atoms. The fourth-order valence-electron chi connectivity index (χ4n) is 2.64. The molecule has 0 aliphatic carbocycles. The van der Waals surface area contributed by atoms with E-state index in [4.69, 9.17) is 9.26 Å². The Morgan fingerprint density at radius 2 is 1.26 bits per heavy atom. The monoisotopic (exact) mass is 301 g/mol. The first-order chi connectivity index (χ1) is 11.4. The third kappa shape index (κ3) is 2.69. The molecule has 0 saturated carbocycles. The van der Waals surface area contributed by atoms with E-state index in [9.17, 15) is 0 Å². The molecule has 0 radical (unpaired) electrons. The Hall–Kier alpha value is -3.07. The number of aromatic nitrogens is 1. The molecule has 0 fully saturated rings. The van der Waals surface area contributed by atoms with Crippen LogP contribution in [0.1, 0.15) is 17.2 Å². The molecule has 3 nitrogen and oxygen atoms in total. The summed E-state index contributed by atoms with van der Waals surface area (Å²) < 4.78 is 11.6. The van der Waals surface area contributed by atoms with Gasteiger partial charge in [-0.3, -0.25) is 0 Å². The fraction of sp³-hybridized carbons (Fsp3) is 0.0500. The minimum absolute atomic E-state index is 0.231. The summed E-state index contributed by atoms with van der Waals surface area (Å²) in [6.07, 6.45) is -0.231. The van der Waals surface area contributed by atoms with Crippen molar-refractivity contribution in [3.05, 3.63) is 96.1 Å². The van der Waals surface area contributed by atoms with Gasteiger partial charge in [-0.15, -0.1) is 0 Å². The van der Waals surface area contributed by atoms with Gasteiger partial charge in [0.05, 0.1) is 5.39 Å². The van der Waals surface area contributed by atoms with Crippen LogP contribution in [0.4, 0.5) is 0 Å². The van der Waals surface area contributed by atoms with Gasteiger partial charge in [0.2, 0.25) is 0 Å². The summed E-state index contributed by atoms with van der Waals surface area (Å²) in [4.78, 5) is 0. The molecule has 0 aliphatic rings. The first kappa shape index (κ1) is 13.6. The van der Waals surface area contributed by atoms with Gasteiger partial charge in [-0.25, -0.2) is 0 Å². The molecule has 0 N–H and O–H groups in total. The molecular formula is C20H15NO2. The predicted octanol–water partition coefficient (Wildman–Crippen LogP) is 5.00. The van der Waals surface area contributed by atoms with Crippen LogP contribution in [0, 0.1) is 0 Å². The summed E-state index contributed by atoms with van der Waals surface area (Å²) in [5.74, 6) is 0.512. The molecule has 3 aromatic carbocycles. The van der Waals surface area contributed by atoms with Gasteiger partial charge in [-0.1, -0.05) is 72.8 Å². The van der Waals surface area contributed by atoms with Gasteiger partial charge in [-0.2, -0.15) is 0 Å². The molecule has 0 saturated heterocycles. The predicted molar refractivity (Wildman–Crippen MR) is 89.4 cm³/mol. The van der Waals surface area contributed by atoms with E-state index in [-0.39, 0.29) is 6.10 Å². The second-order valence-corrected chi connectivity index (χ2v) is 5.30. The van der Waals surface area contributed by atoms with Crippen molar-refractivity contribution >= 4 is 11.0 Å². The molecule has 1 heterocycles. The lowest BCUT2D eigenvalue weighted by Gasteiger charge is -2.18. The Balaban J connectivity index is 1.77. The van der Waals surface area contributed by atoms with E-state index < -0.39 is 0 Å². The largest absolute Gasteiger partial charge is 0.462 e. The van der Waals surface area contributed by atoms with Gasteiger partial charge in [0, 0.05) is 0 Å². The van der Waals surface area contributed by atoms with Gasteiger partial charge >= 0.3 is 0 Å². The number of rotatable bonds is 4. The minimum Gasteiger partial charge on any atom is -0.462 e. The molecule has 4 aromatic rings. The highest BCUT2D eigenvalue weighted by molar-refractivity contribution is 5.81. The van der Waals surface area contributed by atoms with Crippen LogP contribution in [0.25, 0.3) is 11.0 Å². The molecule has 0 atom stereocenters. The minimum atomic E-state index is -0.231. The van der Waals surface area contributed by atoms with Gasteiger partial charge < -0.3 is 9.26 Å². The van der Waals surface area contributed by atoms with Crippen molar-refractivity contribution in [2.45, 2.75) is 6.10 Å². The zero-order valence-electron chi connectivity index (χ0n) is 12.4. The van der Waals surface area contributed by atoms with Gasteiger partial charge in [-0.05, 0) is 28.4 Å².